The highest BCUT2D eigenvalue weighted by atomic mass is 16.2. The fraction of sp³-hybridized carbons (Fsp3) is 0.562. The average molecular weight is 260 g/mol. The summed E-state index contributed by atoms with van der Waals surface area (Å²) in [6, 6.07) is 8.27. The highest BCUT2D eigenvalue weighted by Crippen LogP contribution is 2.37. The molecule has 1 amide bonds. The summed E-state index contributed by atoms with van der Waals surface area (Å²) in [5.41, 5.74) is 8.04. The summed E-state index contributed by atoms with van der Waals surface area (Å²) in [6.07, 6.45) is 5.11. The Labute approximate surface area is 115 Å². The van der Waals surface area contributed by atoms with E-state index in [1.165, 1.54) is 11.1 Å². The number of rotatable bonds is 5. The number of amides is 1. The van der Waals surface area contributed by atoms with Crippen LogP contribution in [0.1, 0.15) is 43.7 Å². The molecule has 2 rings (SSSR count). The van der Waals surface area contributed by atoms with Gasteiger partial charge >= 0.3 is 0 Å². The maximum Gasteiger partial charge on any atom is 0.227 e. The number of carbonyl (C=O) groups is 1. The minimum Gasteiger partial charge on any atom is -0.351 e. The molecule has 0 aliphatic heterocycles. The Morgan fingerprint density at radius 2 is 1.89 bits per heavy atom. The van der Waals surface area contributed by atoms with E-state index in [0.717, 1.165) is 32.1 Å². The van der Waals surface area contributed by atoms with Gasteiger partial charge in [-0.3, -0.25) is 4.79 Å². The van der Waals surface area contributed by atoms with Gasteiger partial charge in [0.25, 0.3) is 0 Å². The molecule has 3 nitrogen and oxygen atoms in total. The Bertz CT molecular complexity index is 436. The molecule has 1 aromatic carbocycles. The predicted octanol–water partition coefficient (Wildman–Crippen LogP) is 2.38. The molecule has 104 valence electrons. The fourth-order valence-corrected chi connectivity index (χ4v) is 3.01. The summed E-state index contributed by atoms with van der Waals surface area (Å²) >= 11 is 0. The van der Waals surface area contributed by atoms with Gasteiger partial charge in [0.05, 0.1) is 5.41 Å². The Morgan fingerprint density at radius 3 is 2.47 bits per heavy atom. The van der Waals surface area contributed by atoms with E-state index in [-0.39, 0.29) is 11.3 Å². The van der Waals surface area contributed by atoms with Gasteiger partial charge in [-0.15, -0.1) is 0 Å². The van der Waals surface area contributed by atoms with E-state index in [1.807, 2.05) is 12.1 Å². The molecule has 0 bridgehead atoms. The van der Waals surface area contributed by atoms with Gasteiger partial charge in [-0.25, -0.2) is 0 Å². The van der Waals surface area contributed by atoms with Crippen LogP contribution in [-0.4, -0.2) is 12.5 Å². The summed E-state index contributed by atoms with van der Waals surface area (Å²) in [5, 5.41) is 3.09. The van der Waals surface area contributed by atoms with Gasteiger partial charge < -0.3 is 11.1 Å². The number of carbonyl (C=O) groups excluding carboxylic acids is 1. The first-order valence-electron chi connectivity index (χ1n) is 7.27. The third kappa shape index (κ3) is 2.98. The number of nitrogens with two attached hydrogens (primary N) is 1. The second kappa shape index (κ2) is 6.20. The first-order chi connectivity index (χ1) is 9.22. The minimum absolute atomic E-state index is 0.137. The quantitative estimate of drug-likeness (QED) is 0.854. The van der Waals surface area contributed by atoms with Crippen LogP contribution < -0.4 is 11.1 Å². The zero-order valence-corrected chi connectivity index (χ0v) is 11.7. The second-order valence-electron chi connectivity index (χ2n) is 5.50. The largest absolute Gasteiger partial charge is 0.351 e. The van der Waals surface area contributed by atoms with Crippen LogP contribution in [0.15, 0.2) is 24.3 Å². The molecule has 19 heavy (non-hydrogen) atoms. The van der Waals surface area contributed by atoms with Crippen LogP contribution in [-0.2, 0) is 17.8 Å². The SMILES string of the molecule is CCc1ccccc1CNC(=O)C1(CN)CCCC1. The third-order valence-electron chi connectivity index (χ3n) is 4.37. The lowest BCUT2D eigenvalue weighted by atomic mass is 9.85. The maximum atomic E-state index is 12.4. The smallest absolute Gasteiger partial charge is 0.227 e. The molecule has 0 saturated heterocycles. The number of hydrogen-bond donors (Lipinski definition) is 2. The standard InChI is InChI=1S/C16H24N2O/c1-2-13-7-3-4-8-14(13)11-18-15(19)16(12-17)9-5-6-10-16/h3-4,7-8H,2,5-6,9-12,17H2,1H3,(H,18,19). The summed E-state index contributed by atoms with van der Waals surface area (Å²) < 4.78 is 0. The molecule has 0 spiro atoms. The zero-order valence-electron chi connectivity index (χ0n) is 11.7. The van der Waals surface area contributed by atoms with Crippen molar-refractivity contribution in [2.45, 2.75) is 45.6 Å². The molecule has 0 aromatic heterocycles. The Kier molecular flexibility index (Phi) is 4.59. The summed E-state index contributed by atoms with van der Waals surface area (Å²) in [6.45, 7) is 3.22. The van der Waals surface area contributed by atoms with E-state index in [9.17, 15) is 4.79 Å². The van der Waals surface area contributed by atoms with Gasteiger partial charge in [0, 0.05) is 13.1 Å². The average Bonchev–Trinajstić information content (AvgIpc) is 2.95. The van der Waals surface area contributed by atoms with Crippen LogP contribution in [0.5, 0.6) is 0 Å². The van der Waals surface area contributed by atoms with E-state index in [1.54, 1.807) is 0 Å². The van der Waals surface area contributed by atoms with Crippen molar-refractivity contribution in [1.82, 2.24) is 5.32 Å². The molecule has 1 aliphatic carbocycles. The maximum absolute atomic E-state index is 12.4. The molecule has 1 aromatic rings. The number of aryl methyl sites for hydroxylation is 1. The van der Waals surface area contributed by atoms with Crippen LogP contribution in [0.25, 0.3) is 0 Å². The van der Waals surface area contributed by atoms with Crippen molar-refractivity contribution in [2.24, 2.45) is 11.1 Å². The normalized spacial score (nSPS) is 17.4. The molecular formula is C16H24N2O. The van der Waals surface area contributed by atoms with Gasteiger partial charge in [0.15, 0.2) is 0 Å². The highest BCUT2D eigenvalue weighted by Gasteiger charge is 2.39. The van der Waals surface area contributed by atoms with Crippen molar-refractivity contribution >= 4 is 5.91 Å². The van der Waals surface area contributed by atoms with E-state index in [0.29, 0.717) is 13.1 Å². The van der Waals surface area contributed by atoms with Crippen molar-refractivity contribution in [1.29, 1.82) is 0 Å². The lowest BCUT2D eigenvalue weighted by molar-refractivity contribution is -0.130. The van der Waals surface area contributed by atoms with Crippen molar-refractivity contribution in [3.63, 3.8) is 0 Å². The fourth-order valence-electron chi connectivity index (χ4n) is 3.01. The summed E-state index contributed by atoms with van der Waals surface area (Å²) in [5.74, 6) is 0.137. The van der Waals surface area contributed by atoms with Crippen LogP contribution in [0.2, 0.25) is 0 Å². The number of nitrogens with one attached hydrogen (secondary N) is 1. The van der Waals surface area contributed by atoms with Gasteiger partial charge in [-0.05, 0) is 30.4 Å². The van der Waals surface area contributed by atoms with Crippen LogP contribution in [0, 0.1) is 5.41 Å². The lowest BCUT2D eigenvalue weighted by Gasteiger charge is -2.26. The molecule has 3 heteroatoms. The van der Waals surface area contributed by atoms with Gasteiger partial charge in [-0.2, -0.15) is 0 Å². The lowest BCUT2D eigenvalue weighted by Crippen LogP contribution is -2.43. The van der Waals surface area contributed by atoms with E-state index in [2.05, 4.69) is 24.4 Å². The molecule has 1 fully saturated rings. The van der Waals surface area contributed by atoms with E-state index >= 15 is 0 Å². The molecule has 3 N–H and O–H groups in total. The Morgan fingerprint density at radius 1 is 1.26 bits per heavy atom. The van der Waals surface area contributed by atoms with Gasteiger partial charge in [-0.1, -0.05) is 44.0 Å². The number of benzene rings is 1. The van der Waals surface area contributed by atoms with Gasteiger partial charge in [0.2, 0.25) is 5.91 Å². The van der Waals surface area contributed by atoms with Crippen LogP contribution >= 0.6 is 0 Å². The van der Waals surface area contributed by atoms with E-state index in [4.69, 9.17) is 5.73 Å². The predicted molar refractivity (Wildman–Crippen MR) is 77.6 cm³/mol. The molecule has 0 radical (unpaired) electrons. The minimum atomic E-state index is -0.304. The van der Waals surface area contributed by atoms with Crippen LogP contribution in [0.3, 0.4) is 0 Å². The Hall–Kier alpha value is -1.35. The van der Waals surface area contributed by atoms with Crippen molar-refractivity contribution in [3.05, 3.63) is 35.4 Å². The molecular weight excluding hydrogens is 236 g/mol. The first kappa shape index (κ1) is 14.1. The highest BCUT2D eigenvalue weighted by molar-refractivity contribution is 5.83. The molecule has 1 saturated carbocycles. The topological polar surface area (TPSA) is 55.1 Å². The first-order valence-corrected chi connectivity index (χ1v) is 7.27. The van der Waals surface area contributed by atoms with E-state index < -0.39 is 0 Å². The van der Waals surface area contributed by atoms with Crippen molar-refractivity contribution in [3.8, 4) is 0 Å². The van der Waals surface area contributed by atoms with Gasteiger partial charge in [0.1, 0.15) is 0 Å². The monoisotopic (exact) mass is 260 g/mol. The molecule has 0 heterocycles. The summed E-state index contributed by atoms with van der Waals surface area (Å²) in [4.78, 5) is 12.4. The Balaban J connectivity index is 2.00. The van der Waals surface area contributed by atoms with Crippen molar-refractivity contribution < 1.29 is 4.79 Å². The zero-order chi connectivity index (χ0) is 13.7. The summed E-state index contributed by atoms with van der Waals surface area (Å²) in [7, 11) is 0. The third-order valence-corrected chi connectivity index (χ3v) is 4.37. The van der Waals surface area contributed by atoms with Crippen LogP contribution in [0.4, 0.5) is 0 Å². The molecule has 0 unspecified atom stereocenters. The second-order valence-corrected chi connectivity index (χ2v) is 5.50. The number of hydrogen-bond acceptors (Lipinski definition) is 2. The van der Waals surface area contributed by atoms with Crippen molar-refractivity contribution in [2.75, 3.05) is 6.54 Å². The molecule has 1 aliphatic rings. The molecule has 0 atom stereocenters.